The summed E-state index contributed by atoms with van der Waals surface area (Å²) in [4.78, 5) is 12.1. The Balaban J connectivity index is 1.59. The van der Waals surface area contributed by atoms with E-state index < -0.39 is 5.79 Å². The fourth-order valence-electron chi connectivity index (χ4n) is 5.38. The van der Waals surface area contributed by atoms with Gasteiger partial charge in [0.2, 0.25) is 0 Å². The molecule has 3 aliphatic rings. The lowest BCUT2D eigenvalue weighted by Crippen LogP contribution is -2.46. The summed E-state index contributed by atoms with van der Waals surface area (Å²) in [7, 11) is 1.43. The standard InChI is InChI=1S/C25H26O4/c1-27-23(26)20-8-10-22-19(15-20)7-9-21-17-25(28-13-14-29-25)12-11-24(21,22)16-18-5-3-2-4-6-18/h2-6,8-10,15H,7,11-14,16-17H2,1H3/t24-/m0/s1. The van der Waals surface area contributed by atoms with Gasteiger partial charge in [-0.25, -0.2) is 4.79 Å². The van der Waals surface area contributed by atoms with Gasteiger partial charge in [-0.05, 0) is 48.1 Å². The van der Waals surface area contributed by atoms with Gasteiger partial charge in [0.25, 0.3) is 0 Å². The van der Waals surface area contributed by atoms with Crippen LogP contribution in [-0.2, 0) is 32.5 Å². The Labute approximate surface area is 171 Å². The maximum absolute atomic E-state index is 12.1. The summed E-state index contributed by atoms with van der Waals surface area (Å²) in [6.45, 7) is 1.36. The topological polar surface area (TPSA) is 44.8 Å². The Morgan fingerprint density at radius 1 is 1.07 bits per heavy atom. The molecule has 0 radical (unpaired) electrons. The monoisotopic (exact) mass is 390 g/mol. The van der Waals surface area contributed by atoms with E-state index in [-0.39, 0.29) is 11.4 Å². The van der Waals surface area contributed by atoms with E-state index >= 15 is 0 Å². The third-order valence-corrected chi connectivity index (χ3v) is 6.78. The first-order valence-corrected chi connectivity index (χ1v) is 10.4. The molecular weight excluding hydrogens is 364 g/mol. The first kappa shape index (κ1) is 18.6. The summed E-state index contributed by atoms with van der Waals surface area (Å²) in [5.41, 5.74) is 5.83. The highest BCUT2D eigenvalue weighted by molar-refractivity contribution is 5.89. The first-order chi connectivity index (χ1) is 14.1. The smallest absolute Gasteiger partial charge is 0.337 e. The summed E-state index contributed by atoms with van der Waals surface area (Å²) in [6.07, 6.45) is 6.78. The van der Waals surface area contributed by atoms with Gasteiger partial charge in [-0.1, -0.05) is 48.0 Å². The van der Waals surface area contributed by atoms with Crippen LogP contribution < -0.4 is 0 Å². The molecule has 1 saturated heterocycles. The van der Waals surface area contributed by atoms with Crippen LogP contribution in [-0.4, -0.2) is 32.1 Å². The molecule has 5 rings (SSSR count). The van der Waals surface area contributed by atoms with Crippen LogP contribution in [0, 0.1) is 0 Å². The number of fused-ring (bicyclic) bond motifs is 3. The van der Waals surface area contributed by atoms with E-state index in [1.807, 2.05) is 12.1 Å². The largest absolute Gasteiger partial charge is 0.465 e. The van der Waals surface area contributed by atoms with E-state index in [1.165, 1.54) is 29.4 Å². The highest BCUT2D eigenvalue weighted by Crippen LogP contribution is 2.53. The second-order valence-corrected chi connectivity index (χ2v) is 8.33. The van der Waals surface area contributed by atoms with Crippen LogP contribution in [0.4, 0.5) is 0 Å². The minimum atomic E-state index is -0.449. The van der Waals surface area contributed by atoms with E-state index in [9.17, 15) is 4.79 Å². The lowest BCUT2D eigenvalue weighted by molar-refractivity contribution is -0.173. The third-order valence-electron chi connectivity index (χ3n) is 6.78. The number of rotatable bonds is 3. The van der Waals surface area contributed by atoms with Gasteiger partial charge in [0.05, 0.1) is 25.9 Å². The molecule has 0 unspecified atom stereocenters. The Morgan fingerprint density at radius 3 is 2.62 bits per heavy atom. The van der Waals surface area contributed by atoms with Gasteiger partial charge < -0.3 is 14.2 Å². The van der Waals surface area contributed by atoms with Crippen LogP contribution in [0.3, 0.4) is 0 Å². The number of allylic oxidation sites excluding steroid dienone is 1. The zero-order valence-electron chi connectivity index (χ0n) is 16.8. The van der Waals surface area contributed by atoms with E-state index in [2.05, 4.69) is 42.5 Å². The van der Waals surface area contributed by atoms with Crippen molar-refractivity contribution in [2.45, 2.75) is 43.3 Å². The third kappa shape index (κ3) is 3.11. The lowest BCUT2D eigenvalue weighted by Gasteiger charge is -2.49. The van der Waals surface area contributed by atoms with E-state index in [4.69, 9.17) is 14.2 Å². The number of esters is 1. The van der Waals surface area contributed by atoms with Gasteiger partial charge in [-0.3, -0.25) is 0 Å². The molecule has 29 heavy (non-hydrogen) atoms. The van der Waals surface area contributed by atoms with Crippen LogP contribution in [0.1, 0.15) is 46.3 Å². The molecule has 4 nitrogen and oxygen atoms in total. The summed E-state index contributed by atoms with van der Waals surface area (Å²) in [5.74, 6) is -0.731. The predicted octanol–water partition coefficient (Wildman–Crippen LogP) is 4.36. The molecule has 1 aliphatic heterocycles. The number of carbonyl (C=O) groups is 1. The summed E-state index contributed by atoms with van der Waals surface area (Å²) in [6, 6.07) is 16.7. The molecule has 0 aromatic heterocycles. The second-order valence-electron chi connectivity index (χ2n) is 8.33. The lowest BCUT2D eigenvalue weighted by atomic mass is 9.58. The van der Waals surface area contributed by atoms with Gasteiger partial charge in [0, 0.05) is 18.3 Å². The van der Waals surface area contributed by atoms with Gasteiger partial charge in [0.1, 0.15) is 0 Å². The van der Waals surface area contributed by atoms with Gasteiger partial charge in [-0.2, -0.15) is 0 Å². The van der Waals surface area contributed by atoms with Gasteiger partial charge >= 0.3 is 5.97 Å². The molecule has 2 aromatic carbocycles. The molecule has 1 saturated carbocycles. The molecular formula is C25H26O4. The zero-order chi connectivity index (χ0) is 19.9. The Bertz CT molecular complexity index is 956. The van der Waals surface area contributed by atoms with Crippen molar-refractivity contribution in [3.8, 4) is 0 Å². The molecule has 1 atom stereocenters. The number of methoxy groups -OCH3 is 1. The van der Waals surface area contributed by atoms with Crippen LogP contribution in [0.5, 0.6) is 0 Å². The van der Waals surface area contributed by atoms with Crippen LogP contribution in [0.15, 0.2) is 60.2 Å². The fourth-order valence-corrected chi connectivity index (χ4v) is 5.38. The molecule has 0 N–H and O–H groups in total. The molecule has 2 fully saturated rings. The molecule has 0 bridgehead atoms. The number of carbonyl (C=O) groups excluding carboxylic acids is 1. The molecule has 2 aromatic rings. The van der Waals surface area contributed by atoms with Gasteiger partial charge in [-0.15, -0.1) is 0 Å². The van der Waals surface area contributed by atoms with Crippen LogP contribution >= 0.6 is 0 Å². The van der Waals surface area contributed by atoms with Crippen molar-refractivity contribution in [3.05, 3.63) is 82.4 Å². The quantitative estimate of drug-likeness (QED) is 0.577. The minimum Gasteiger partial charge on any atom is -0.465 e. The maximum atomic E-state index is 12.1. The number of benzene rings is 2. The predicted molar refractivity (Wildman–Crippen MR) is 110 cm³/mol. The molecule has 4 heteroatoms. The SMILES string of the molecule is COC(=O)c1ccc2c(c1)CC=C1CC3(CC[C@]12Cc1ccccc1)OCCO3. The first-order valence-electron chi connectivity index (χ1n) is 10.4. The van der Waals surface area contributed by atoms with Crippen LogP contribution in [0.2, 0.25) is 0 Å². The number of hydrogen-bond acceptors (Lipinski definition) is 4. The summed E-state index contributed by atoms with van der Waals surface area (Å²) < 4.78 is 17.0. The molecule has 150 valence electrons. The normalized spacial score (nSPS) is 24.5. The van der Waals surface area contributed by atoms with Crippen molar-refractivity contribution in [2.75, 3.05) is 20.3 Å². The molecule has 1 spiro atoms. The Morgan fingerprint density at radius 2 is 1.86 bits per heavy atom. The summed E-state index contributed by atoms with van der Waals surface area (Å²) >= 11 is 0. The highest BCUT2D eigenvalue weighted by atomic mass is 16.7. The van der Waals surface area contributed by atoms with E-state index in [0.717, 1.165) is 32.1 Å². The van der Waals surface area contributed by atoms with E-state index in [0.29, 0.717) is 18.8 Å². The van der Waals surface area contributed by atoms with Crippen molar-refractivity contribution < 1.29 is 19.0 Å². The highest BCUT2D eigenvalue weighted by Gasteiger charge is 2.51. The molecule has 1 heterocycles. The molecule has 0 amide bonds. The summed E-state index contributed by atoms with van der Waals surface area (Å²) in [5, 5.41) is 0. The Hall–Kier alpha value is -2.43. The fraction of sp³-hybridized carbons (Fsp3) is 0.400. The minimum absolute atomic E-state index is 0.0792. The maximum Gasteiger partial charge on any atom is 0.337 e. The van der Waals surface area contributed by atoms with Crippen molar-refractivity contribution in [1.82, 2.24) is 0 Å². The van der Waals surface area contributed by atoms with Crippen molar-refractivity contribution >= 4 is 5.97 Å². The number of hydrogen-bond donors (Lipinski definition) is 0. The van der Waals surface area contributed by atoms with E-state index in [1.54, 1.807) is 0 Å². The van der Waals surface area contributed by atoms with Gasteiger partial charge in [0.15, 0.2) is 5.79 Å². The zero-order valence-corrected chi connectivity index (χ0v) is 16.8. The average Bonchev–Trinajstić information content (AvgIpc) is 3.22. The van der Waals surface area contributed by atoms with Crippen molar-refractivity contribution in [1.29, 1.82) is 0 Å². The Kier molecular flexibility index (Phi) is 4.56. The van der Waals surface area contributed by atoms with Crippen LogP contribution in [0.25, 0.3) is 0 Å². The average molecular weight is 390 g/mol. The second kappa shape index (κ2) is 7.12. The van der Waals surface area contributed by atoms with Crippen molar-refractivity contribution in [3.63, 3.8) is 0 Å². The molecule has 2 aliphatic carbocycles. The number of ether oxygens (including phenoxy) is 3. The van der Waals surface area contributed by atoms with Crippen molar-refractivity contribution in [2.24, 2.45) is 0 Å².